The molecule has 2 unspecified atom stereocenters. The minimum absolute atomic E-state index is 0.113. The summed E-state index contributed by atoms with van der Waals surface area (Å²) in [6.07, 6.45) is 10.1. The van der Waals surface area contributed by atoms with Crippen LogP contribution in [0.3, 0.4) is 0 Å². The van der Waals surface area contributed by atoms with Gasteiger partial charge in [-0.2, -0.15) is 0 Å². The Labute approximate surface area is 305 Å². The molecule has 4 aromatic rings. The molecule has 0 N–H and O–H groups in total. The van der Waals surface area contributed by atoms with Crippen molar-refractivity contribution < 1.29 is 15.6 Å². The molecule has 1 saturated carbocycles. The number of fused-ring (bicyclic) bond motifs is 2. The topological polar surface area (TPSA) is 0 Å². The summed E-state index contributed by atoms with van der Waals surface area (Å²) in [5.41, 5.74) is 15.0. The van der Waals surface area contributed by atoms with E-state index in [4.69, 9.17) is 17.0 Å². The van der Waals surface area contributed by atoms with Crippen LogP contribution in [-0.2, 0) is 15.6 Å². The van der Waals surface area contributed by atoms with Crippen LogP contribution in [0.15, 0.2) is 96.1 Å². The van der Waals surface area contributed by atoms with Crippen LogP contribution in [0, 0.1) is 5.92 Å². The van der Waals surface area contributed by atoms with E-state index < -0.39 is 29.6 Å². The van der Waals surface area contributed by atoms with Crippen LogP contribution < -0.4 is 5.19 Å². The molecule has 0 heterocycles. The normalized spacial score (nSPS) is 20.3. The third-order valence-corrected chi connectivity index (χ3v) is 66.4. The van der Waals surface area contributed by atoms with E-state index in [0.717, 1.165) is 0 Å². The van der Waals surface area contributed by atoms with Crippen LogP contribution in [0.1, 0.15) is 87.4 Å². The average molecular weight is 800 g/mol. The van der Waals surface area contributed by atoms with Gasteiger partial charge >= 0.3 is 308 Å². The van der Waals surface area contributed by atoms with Crippen LogP contribution in [0.2, 0.25) is 32.7 Å². The van der Waals surface area contributed by atoms with Crippen LogP contribution >= 0.6 is 17.0 Å². The maximum atomic E-state index is 8.75. The zero-order valence-corrected chi connectivity index (χ0v) is 36.8. The van der Waals surface area contributed by atoms with E-state index in [1.54, 1.807) is 5.57 Å². The van der Waals surface area contributed by atoms with Gasteiger partial charge in [-0.3, -0.25) is 0 Å². The van der Waals surface area contributed by atoms with Crippen LogP contribution in [0.4, 0.5) is 0 Å². The van der Waals surface area contributed by atoms with Crippen LogP contribution in [0.5, 0.6) is 0 Å². The van der Waals surface area contributed by atoms with Gasteiger partial charge in [0.15, 0.2) is 0 Å². The molecule has 0 aromatic heterocycles. The van der Waals surface area contributed by atoms with Crippen molar-refractivity contribution >= 4 is 48.4 Å². The summed E-state index contributed by atoms with van der Waals surface area (Å²) in [7, 11) is 16.1. The second-order valence-corrected chi connectivity index (χ2v) is 64.6. The zero-order valence-electron chi connectivity index (χ0n) is 30.7. The molecule has 3 aliphatic rings. The summed E-state index contributed by atoms with van der Waals surface area (Å²) in [5, 5.41) is 1.50. The summed E-state index contributed by atoms with van der Waals surface area (Å²) in [5.74, 6) is -0.540. The van der Waals surface area contributed by atoms with E-state index in [1.807, 2.05) is 0 Å². The molecule has 0 nitrogen and oxygen atoms in total. The predicted molar refractivity (Wildman–Crippen MR) is 220 cm³/mol. The maximum absolute atomic E-state index is 8.75. The van der Waals surface area contributed by atoms with Crippen molar-refractivity contribution in [2.45, 2.75) is 92.4 Å². The molecule has 255 valence electrons. The molecule has 2 atom stereocenters. The molecule has 0 amide bonds. The number of allylic oxidation sites excluding steroid dienone is 2. The Balaban J connectivity index is 1.40. The third-order valence-electron chi connectivity index (χ3n) is 12.4. The standard InChI is InChI=1S/C23H25.C19H21Si.C2H7Si.2ClH.Zr/c1-16(2)17-10-12-19(13-11-17)22-9-5-8-20-14-21(15-23(20)22)18-6-3-4-7-18;1-14-12-16-6-5-7-18(19(16)13-14)15-8-10-17(11-9-15)20(2,3)4;1-3-2;;;/h5,8-16,18H,3-4,6-7H2,1-2H3;5-13H,1-4H3;3H,1-2H3;2*1H;/q;;;;;+2/p-2. The number of hydrogen-bond acceptors (Lipinski definition) is 0. The average Bonchev–Trinajstić information content (AvgIpc) is 3.81. The summed E-state index contributed by atoms with van der Waals surface area (Å²) in [4.78, 5) is 0. The van der Waals surface area contributed by atoms with Crippen molar-refractivity contribution in [3.05, 3.63) is 124 Å². The van der Waals surface area contributed by atoms with Gasteiger partial charge in [0.25, 0.3) is 0 Å². The van der Waals surface area contributed by atoms with Gasteiger partial charge in [-0.15, -0.1) is 0 Å². The van der Waals surface area contributed by atoms with Crippen molar-refractivity contribution in [2.75, 3.05) is 0 Å². The van der Waals surface area contributed by atoms with Gasteiger partial charge in [0, 0.05) is 0 Å². The Bertz CT molecular complexity index is 1960. The molecule has 1 fully saturated rings. The zero-order chi connectivity index (χ0) is 34.9. The van der Waals surface area contributed by atoms with Gasteiger partial charge < -0.3 is 0 Å². The molecular formula is C44H53Cl2Si2Zr. The van der Waals surface area contributed by atoms with E-state index >= 15 is 0 Å². The molecule has 0 spiro atoms. The van der Waals surface area contributed by atoms with Crippen molar-refractivity contribution in [2.24, 2.45) is 5.92 Å². The Morgan fingerprint density at radius 1 is 0.694 bits per heavy atom. The fraction of sp³-hybridized carbons (Fsp3) is 0.364. The molecular weight excluding hydrogens is 747 g/mol. The number of rotatable bonds is 8. The Morgan fingerprint density at radius 2 is 1.20 bits per heavy atom. The van der Waals surface area contributed by atoms with Crippen molar-refractivity contribution in [3.63, 3.8) is 0 Å². The molecule has 0 saturated heterocycles. The van der Waals surface area contributed by atoms with Crippen LogP contribution in [-0.4, -0.2) is 14.0 Å². The van der Waals surface area contributed by atoms with E-state index in [2.05, 4.69) is 151 Å². The predicted octanol–water partition coefficient (Wildman–Crippen LogP) is 13.5. The Morgan fingerprint density at radius 3 is 1.71 bits per heavy atom. The minimum atomic E-state index is -4.82. The number of halogens is 2. The molecule has 0 aliphatic heterocycles. The van der Waals surface area contributed by atoms with E-state index in [9.17, 15) is 0 Å². The molecule has 0 bridgehead atoms. The molecule has 0 radical (unpaired) electrons. The first-order valence-corrected chi connectivity index (χ1v) is 38.5. The number of benzene rings is 4. The molecule has 3 aliphatic carbocycles. The summed E-state index contributed by atoms with van der Waals surface area (Å²) < 4.78 is 0.255. The molecule has 49 heavy (non-hydrogen) atoms. The molecule has 4 aromatic carbocycles. The summed E-state index contributed by atoms with van der Waals surface area (Å²) in [6.45, 7) is 19.1. The first kappa shape index (κ1) is 35.7. The van der Waals surface area contributed by atoms with Gasteiger partial charge in [-0.25, -0.2) is 0 Å². The Kier molecular flexibility index (Phi) is 9.48. The Hall–Kier alpha value is -1.74. The van der Waals surface area contributed by atoms with Crippen molar-refractivity contribution in [1.82, 2.24) is 0 Å². The fourth-order valence-electron chi connectivity index (χ4n) is 9.47. The second-order valence-electron chi connectivity index (χ2n) is 17.0. The van der Waals surface area contributed by atoms with E-state index in [-0.39, 0.29) is 7.25 Å². The quantitative estimate of drug-likeness (QED) is 0.156. The van der Waals surface area contributed by atoms with Crippen LogP contribution in [0.25, 0.3) is 34.4 Å². The molecule has 5 heteroatoms. The SMILES string of the molecule is CC1=Cc2c(-c3ccc([Si](C)(C)C)cc3)cccc2[CH]1[Zr]([Cl])([Cl])([CH]1C(C2CCCC2)=Cc2c(-c3ccc(C(C)C)cc3)cccc21)[SiH](C)C. The summed E-state index contributed by atoms with van der Waals surface area (Å²) >= 11 is -4.82. The second kappa shape index (κ2) is 13.0. The summed E-state index contributed by atoms with van der Waals surface area (Å²) in [6, 6.07) is 32.6. The third kappa shape index (κ3) is 5.96. The van der Waals surface area contributed by atoms with Crippen molar-refractivity contribution in [1.29, 1.82) is 0 Å². The molecule has 7 rings (SSSR count). The van der Waals surface area contributed by atoms with Gasteiger partial charge in [0.1, 0.15) is 0 Å². The number of hydrogen-bond donors (Lipinski definition) is 0. The van der Waals surface area contributed by atoms with E-state index in [0.29, 0.717) is 11.8 Å². The van der Waals surface area contributed by atoms with E-state index in [1.165, 1.54) is 86.5 Å². The fourth-order valence-corrected chi connectivity index (χ4v) is 42.6. The van der Waals surface area contributed by atoms with Crippen molar-refractivity contribution in [3.8, 4) is 22.3 Å². The van der Waals surface area contributed by atoms with Gasteiger partial charge in [-0.05, 0) is 0 Å². The first-order chi connectivity index (χ1) is 23.2. The van der Waals surface area contributed by atoms with Gasteiger partial charge in [0.05, 0.1) is 0 Å². The van der Waals surface area contributed by atoms with Gasteiger partial charge in [-0.1, -0.05) is 0 Å². The first-order valence-electron chi connectivity index (χ1n) is 18.6. The monoisotopic (exact) mass is 797 g/mol. The van der Waals surface area contributed by atoms with Gasteiger partial charge in [0.2, 0.25) is 0 Å².